The molecule has 0 atom stereocenters. The van der Waals surface area contributed by atoms with Gasteiger partial charge < -0.3 is 5.32 Å². The second-order valence-corrected chi connectivity index (χ2v) is 5.43. The SMILES string of the molecule is CC1CCC2(CC1)NC(=O)N(c1cncnc1)C2=O. The molecule has 0 unspecified atom stereocenters. The Balaban J connectivity index is 1.90. The van der Waals surface area contributed by atoms with Crippen LogP contribution in [-0.4, -0.2) is 27.4 Å². The predicted molar refractivity (Wildman–Crippen MR) is 68.4 cm³/mol. The fraction of sp³-hybridized carbons (Fsp3) is 0.538. The smallest absolute Gasteiger partial charge is 0.323 e. The molecular weight excluding hydrogens is 244 g/mol. The van der Waals surface area contributed by atoms with E-state index in [-0.39, 0.29) is 11.9 Å². The summed E-state index contributed by atoms with van der Waals surface area (Å²) in [6.45, 7) is 2.18. The minimum absolute atomic E-state index is 0.167. The van der Waals surface area contributed by atoms with Gasteiger partial charge in [-0.25, -0.2) is 19.7 Å². The number of aromatic nitrogens is 2. The number of carbonyl (C=O) groups excluding carboxylic acids is 2. The lowest BCUT2D eigenvalue weighted by atomic mass is 9.77. The van der Waals surface area contributed by atoms with Crippen LogP contribution in [0.25, 0.3) is 0 Å². The predicted octanol–water partition coefficient (Wildman–Crippen LogP) is 1.48. The van der Waals surface area contributed by atoms with Crippen LogP contribution < -0.4 is 10.2 Å². The van der Waals surface area contributed by atoms with Crippen LogP contribution in [0.5, 0.6) is 0 Å². The van der Waals surface area contributed by atoms with Crippen molar-refractivity contribution in [1.29, 1.82) is 0 Å². The first-order valence-electron chi connectivity index (χ1n) is 6.54. The summed E-state index contributed by atoms with van der Waals surface area (Å²) in [7, 11) is 0. The maximum atomic E-state index is 12.6. The number of nitrogens with zero attached hydrogens (tertiary/aromatic N) is 3. The minimum Gasteiger partial charge on any atom is -0.323 e. The van der Waals surface area contributed by atoms with E-state index in [9.17, 15) is 9.59 Å². The normalized spacial score (nSPS) is 30.8. The number of carbonyl (C=O) groups is 2. The van der Waals surface area contributed by atoms with Crippen molar-refractivity contribution >= 4 is 17.6 Å². The molecule has 1 aromatic heterocycles. The summed E-state index contributed by atoms with van der Waals surface area (Å²) in [4.78, 5) is 33.5. The van der Waals surface area contributed by atoms with Crippen LogP contribution >= 0.6 is 0 Å². The largest absolute Gasteiger partial charge is 0.329 e. The molecule has 2 heterocycles. The molecule has 6 heteroatoms. The van der Waals surface area contributed by atoms with Gasteiger partial charge in [-0.1, -0.05) is 6.92 Å². The zero-order chi connectivity index (χ0) is 13.5. The molecule has 3 amide bonds. The molecule has 1 saturated heterocycles. The van der Waals surface area contributed by atoms with Crippen LogP contribution in [0.2, 0.25) is 0 Å². The summed E-state index contributed by atoms with van der Waals surface area (Å²) in [5.41, 5.74) is -0.278. The van der Waals surface area contributed by atoms with E-state index < -0.39 is 5.54 Å². The fourth-order valence-electron chi connectivity index (χ4n) is 2.86. The molecule has 100 valence electrons. The molecule has 6 nitrogen and oxygen atoms in total. The first-order chi connectivity index (χ1) is 9.12. The number of nitrogens with one attached hydrogen (secondary N) is 1. The molecule has 1 aliphatic heterocycles. The second kappa shape index (κ2) is 4.29. The molecule has 1 spiro atoms. The first-order valence-corrected chi connectivity index (χ1v) is 6.54. The lowest BCUT2D eigenvalue weighted by Gasteiger charge is -2.33. The summed E-state index contributed by atoms with van der Waals surface area (Å²) < 4.78 is 0. The van der Waals surface area contributed by atoms with Crippen LogP contribution in [-0.2, 0) is 4.79 Å². The highest BCUT2D eigenvalue weighted by molar-refractivity contribution is 6.23. The first kappa shape index (κ1) is 12.1. The molecule has 0 aromatic carbocycles. The van der Waals surface area contributed by atoms with Gasteiger partial charge in [-0.05, 0) is 31.6 Å². The van der Waals surface area contributed by atoms with E-state index in [4.69, 9.17) is 0 Å². The number of rotatable bonds is 1. The number of hydrogen-bond donors (Lipinski definition) is 1. The summed E-state index contributed by atoms with van der Waals surface area (Å²) in [5.74, 6) is 0.448. The Morgan fingerprint density at radius 1 is 1.26 bits per heavy atom. The second-order valence-electron chi connectivity index (χ2n) is 5.43. The molecule has 1 saturated carbocycles. The van der Waals surface area contributed by atoms with Crippen molar-refractivity contribution in [2.45, 2.75) is 38.1 Å². The van der Waals surface area contributed by atoms with Gasteiger partial charge in [-0.15, -0.1) is 0 Å². The standard InChI is InChI=1S/C13H16N4O2/c1-9-2-4-13(5-3-9)11(18)17(12(19)16-13)10-6-14-8-15-7-10/h6-9H,2-5H2,1H3,(H,16,19). The van der Waals surface area contributed by atoms with Crippen LogP contribution in [0.3, 0.4) is 0 Å². The number of anilines is 1. The van der Waals surface area contributed by atoms with Crippen molar-refractivity contribution in [2.75, 3.05) is 4.90 Å². The molecular formula is C13H16N4O2. The van der Waals surface area contributed by atoms with Gasteiger partial charge in [-0.3, -0.25) is 4.79 Å². The van der Waals surface area contributed by atoms with Gasteiger partial charge in [0, 0.05) is 0 Å². The summed E-state index contributed by atoms with van der Waals surface area (Å²) in [5, 5.41) is 2.87. The Morgan fingerprint density at radius 2 is 1.89 bits per heavy atom. The van der Waals surface area contributed by atoms with Crippen molar-refractivity contribution in [3.05, 3.63) is 18.7 Å². The highest BCUT2D eigenvalue weighted by Crippen LogP contribution is 2.37. The van der Waals surface area contributed by atoms with Crippen molar-refractivity contribution in [2.24, 2.45) is 5.92 Å². The quantitative estimate of drug-likeness (QED) is 0.776. The fourth-order valence-corrected chi connectivity index (χ4v) is 2.86. The zero-order valence-electron chi connectivity index (χ0n) is 10.8. The molecule has 1 N–H and O–H groups in total. The molecule has 1 aromatic rings. The zero-order valence-corrected chi connectivity index (χ0v) is 10.8. The van der Waals surface area contributed by atoms with Crippen molar-refractivity contribution < 1.29 is 9.59 Å². The summed E-state index contributed by atoms with van der Waals surface area (Å²) in [6.07, 6.45) is 7.69. The third-order valence-corrected chi connectivity index (χ3v) is 4.09. The molecule has 2 aliphatic rings. The minimum atomic E-state index is -0.709. The number of amides is 3. The number of hydrogen-bond acceptors (Lipinski definition) is 4. The van der Waals surface area contributed by atoms with Gasteiger partial charge in [0.1, 0.15) is 11.9 Å². The molecule has 0 radical (unpaired) electrons. The Bertz CT molecular complexity index is 509. The van der Waals surface area contributed by atoms with Gasteiger partial charge in [0.2, 0.25) is 0 Å². The van der Waals surface area contributed by atoms with Gasteiger partial charge >= 0.3 is 6.03 Å². The van der Waals surface area contributed by atoms with Crippen LogP contribution in [0.15, 0.2) is 18.7 Å². The van der Waals surface area contributed by atoms with Gasteiger partial charge in [-0.2, -0.15) is 0 Å². The Hall–Kier alpha value is -1.98. The van der Waals surface area contributed by atoms with E-state index in [1.165, 1.54) is 18.7 Å². The van der Waals surface area contributed by atoms with E-state index >= 15 is 0 Å². The van der Waals surface area contributed by atoms with Crippen LogP contribution in [0.1, 0.15) is 32.6 Å². The molecule has 0 bridgehead atoms. The average Bonchev–Trinajstić information content (AvgIpc) is 2.66. The Kier molecular flexibility index (Phi) is 2.73. The van der Waals surface area contributed by atoms with Gasteiger partial charge in [0.15, 0.2) is 0 Å². The van der Waals surface area contributed by atoms with E-state index in [0.717, 1.165) is 17.7 Å². The molecule has 19 heavy (non-hydrogen) atoms. The Labute approximate surface area is 111 Å². The number of imide groups is 1. The Morgan fingerprint density at radius 3 is 2.53 bits per heavy atom. The number of urea groups is 1. The maximum Gasteiger partial charge on any atom is 0.329 e. The lowest BCUT2D eigenvalue weighted by Crippen LogP contribution is -2.49. The van der Waals surface area contributed by atoms with Crippen molar-refractivity contribution in [3.63, 3.8) is 0 Å². The van der Waals surface area contributed by atoms with E-state index in [1.54, 1.807) is 0 Å². The lowest BCUT2D eigenvalue weighted by molar-refractivity contribution is -0.123. The van der Waals surface area contributed by atoms with E-state index in [2.05, 4.69) is 22.2 Å². The summed E-state index contributed by atoms with van der Waals surface area (Å²) >= 11 is 0. The third kappa shape index (κ3) is 1.87. The van der Waals surface area contributed by atoms with Gasteiger partial charge in [0.05, 0.1) is 18.1 Å². The molecule has 3 rings (SSSR count). The van der Waals surface area contributed by atoms with Crippen molar-refractivity contribution in [1.82, 2.24) is 15.3 Å². The van der Waals surface area contributed by atoms with Crippen molar-refractivity contribution in [3.8, 4) is 0 Å². The third-order valence-electron chi connectivity index (χ3n) is 4.09. The van der Waals surface area contributed by atoms with E-state index in [0.29, 0.717) is 24.4 Å². The van der Waals surface area contributed by atoms with Crippen LogP contribution in [0.4, 0.5) is 10.5 Å². The van der Waals surface area contributed by atoms with Crippen LogP contribution in [0, 0.1) is 5.92 Å². The topological polar surface area (TPSA) is 75.2 Å². The van der Waals surface area contributed by atoms with E-state index in [1.807, 2.05) is 0 Å². The highest BCUT2D eigenvalue weighted by atomic mass is 16.2. The monoisotopic (exact) mass is 260 g/mol. The molecule has 2 fully saturated rings. The average molecular weight is 260 g/mol. The highest BCUT2D eigenvalue weighted by Gasteiger charge is 2.52. The molecule has 1 aliphatic carbocycles. The summed E-state index contributed by atoms with van der Waals surface area (Å²) in [6, 6.07) is -0.366. The van der Waals surface area contributed by atoms with Gasteiger partial charge in [0.25, 0.3) is 5.91 Å². The maximum absolute atomic E-state index is 12.6.